The van der Waals surface area contributed by atoms with Gasteiger partial charge in [0.15, 0.2) is 5.84 Å². The zero-order valence-corrected chi connectivity index (χ0v) is 20.0. The molecule has 0 amide bonds. The molecular formula is C18H33N9O4S2. The maximum absolute atomic E-state index is 12.8. The lowest BCUT2D eigenvalue weighted by Gasteiger charge is -2.19. The van der Waals surface area contributed by atoms with E-state index < -0.39 is 32.0 Å². The molecule has 186 valence electrons. The van der Waals surface area contributed by atoms with Gasteiger partial charge < -0.3 is 27.6 Å². The Balaban J connectivity index is 2.60. The number of benzene rings is 1. The summed E-state index contributed by atoms with van der Waals surface area (Å²) in [6.45, 7) is 2.41. The third kappa shape index (κ3) is 6.70. The van der Waals surface area contributed by atoms with Crippen molar-refractivity contribution < 1.29 is 17.7 Å². The van der Waals surface area contributed by atoms with Crippen molar-refractivity contribution in [3.05, 3.63) is 29.5 Å². The maximum Gasteiger partial charge on any atom is 0.240 e. The van der Waals surface area contributed by atoms with Crippen molar-refractivity contribution in [2.45, 2.75) is 35.7 Å². The van der Waals surface area contributed by atoms with E-state index >= 15 is 0 Å². The molecule has 1 saturated carbocycles. The molecule has 1 aromatic carbocycles. The van der Waals surface area contributed by atoms with Crippen molar-refractivity contribution in [3.8, 4) is 0 Å². The third-order valence-corrected chi connectivity index (χ3v) is 7.78. The van der Waals surface area contributed by atoms with Gasteiger partial charge in [0.2, 0.25) is 10.0 Å². The first-order chi connectivity index (χ1) is 15.5. The van der Waals surface area contributed by atoms with E-state index in [2.05, 4.69) is 22.1 Å². The Morgan fingerprint density at radius 3 is 2.67 bits per heavy atom. The molecule has 0 saturated heterocycles. The summed E-state index contributed by atoms with van der Waals surface area (Å²) in [5.41, 5.74) is 20.5. The number of nitrogens with one attached hydrogen (secondary N) is 3. The standard InChI is InChI=1S/C18H33N9O4S2/c1-10-2-3-11(13(10)7-20)8-24-14-4-5-15(32(29)25-9-12(28)6-19)17(33(23,30)31)16(14)18(21)26-27-22/h4-5,8,10,12-13,24-25,27-28H,2-3,6-7,9,19-20,22H2,1H3,(H2,21,26)(H2,23,30,31)/b11-8+. The summed E-state index contributed by atoms with van der Waals surface area (Å²) in [7, 11) is -6.50. The van der Waals surface area contributed by atoms with Gasteiger partial charge in [-0.15, -0.1) is 5.10 Å². The zero-order chi connectivity index (χ0) is 24.8. The van der Waals surface area contributed by atoms with Crippen LogP contribution in [0.25, 0.3) is 0 Å². The Morgan fingerprint density at radius 1 is 1.39 bits per heavy atom. The zero-order valence-electron chi connectivity index (χ0n) is 18.3. The van der Waals surface area contributed by atoms with Crippen LogP contribution in [0.3, 0.4) is 0 Å². The van der Waals surface area contributed by atoms with Crippen molar-refractivity contribution in [2.75, 3.05) is 25.0 Å². The summed E-state index contributed by atoms with van der Waals surface area (Å²) in [6.07, 6.45) is 2.62. The highest BCUT2D eigenvalue weighted by atomic mass is 32.2. The van der Waals surface area contributed by atoms with E-state index in [1.54, 1.807) is 6.20 Å². The second-order valence-electron chi connectivity index (χ2n) is 7.71. The van der Waals surface area contributed by atoms with Gasteiger partial charge in [-0.3, -0.25) is 0 Å². The molecule has 2 rings (SSSR count). The number of amidine groups is 1. The fourth-order valence-electron chi connectivity index (χ4n) is 3.70. The Hall–Kier alpha value is -2.11. The highest BCUT2D eigenvalue weighted by molar-refractivity contribution is 7.90. The molecule has 0 heterocycles. The van der Waals surface area contributed by atoms with Gasteiger partial charge in [-0.25, -0.2) is 33.9 Å². The van der Waals surface area contributed by atoms with Crippen LogP contribution in [0.5, 0.6) is 0 Å². The lowest BCUT2D eigenvalue weighted by atomic mass is 9.95. The molecule has 0 bridgehead atoms. The number of aliphatic hydroxyl groups is 1. The van der Waals surface area contributed by atoms with Gasteiger partial charge >= 0.3 is 0 Å². The number of rotatable bonds is 11. The summed E-state index contributed by atoms with van der Waals surface area (Å²) < 4.78 is 40.5. The number of hydrogen-bond acceptors (Lipinski definition) is 10. The van der Waals surface area contributed by atoms with E-state index in [9.17, 15) is 17.7 Å². The smallest absolute Gasteiger partial charge is 0.240 e. The summed E-state index contributed by atoms with van der Waals surface area (Å²) in [5, 5.41) is 21.9. The lowest BCUT2D eigenvalue weighted by molar-refractivity contribution is 0.187. The second-order valence-corrected chi connectivity index (χ2v) is 10.5. The predicted molar refractivity (Wildman–Crippen MR) is 128 cm³/mol. The minimum Gasteiger partial charge on any atom is -0.390 e. The van der Waals surface area contributed by atoms with Crippen molar-refractivity contribution in [1.82, 2.24) is 10.3 Å². The fraction of sp³-hybridized carbons (Fsp3) is 0.500. The van der Waals surface area contributed by atoms with Gasteiger partial charge in [0.25, 0.3) is 0 Å². The molecule has 1 fully saturated rings. The van der Waals surface area contributed by atoms with Gasteiger partial charge in [-0.05, 0) is 48.9 Å². The molecule has 4 unspecified atom stereocenters. The Kier molecular flexibility index (Phi) is 9.74. The molecule has 1 aliphatic carbocycles. The van der Waals surface area contributed by atoms with Crippen LogP contribution in [0.2, 0.25) is 0 Å². The third-order valence-electron chi connectivity index (χ3n) is 5.49. The average Bonchev–Trinajstić information content (AvgIpc) is 3.13. The number of aliphatic hydroxyl groups excluding tert-OH is 1. The highest BCUT2D eigenvalue weighted by Gasteiger charge is 2.29. The van der Waals surface area contributed by atoms with Crippen molar-refractivity contribution in [3.63, 3.8) is 0 Å². The number of sulfonamides is 1. The van der Waals surface area contributed by atoms with Crippen LogP contribution in [0.4, 0.5) is 5.69 Å². The van der Waals surface area contributed by atoms with Gasteiger partial charge in [-0.2, -0.15) is 0 Å². The molecule has 1 aromatic rings. The molecule has 0 radical (unpaired) electrons. The van der Waals surface area contributed by atoms with Crippen LogP contribution in [0.15, 0.2) is 38.8 Å². The molecule has 15 heteroatoms. The van der Waals surface area contributed by atoms with E-state index in [4.69, 9.17) is 28.2 Å². The topological polar surface area (TPSA) is 250 Å². The quantitative estimate of drug-likeness (QED) is 0.0672. The van der Waals surface area contributed by atoms with Crippen molar-refractivity contribution >= 4 is 32.5 Å². The number of hydrazone groups is 1. The molecule has 33 heavy (non-hydrogen) atoms. The molecule has 14 N–H and O–H groups in total. The molecule has 0 aromatic heterocycles. The first-order valence-electron chi connectivity index (χ1n) is 10.2. The van der Waals surface area contributed by atoms with Crippen LogP contribution >= 0.6 is 0 Å². The molecule has 13 nitrogen and oxygen atoms in total. The van der Waals surface area contributed by atoms with Crippen LogP contribution in [-0.4, -0.2) is 49.3 Å². The number of hydrazine groups is 1. The molecular weight excluding hydrogens is 470 g/mol. The summed E-state index contributed by atoms with van der Waals surface area (Å²) >= 11 is 0. The minimum absolute atomic E-state index is 0.0702. The van der Waals surface area contributed by atoms with E-state index in [0.29, 0.717) is 12.5 Å². The largest absolute Gasteiger partial charge is 0.390 e. The van der Waals surface area contributed by atoms with Crippen molar-refractivity contribution in [1.29, 1.82) is 0 Å². The van der Waals surface area contributed by atoms with E-state index in [1.165, 1.54) is 12.1 Å². The summed E-state index contributed by atoms with van der Waals surface area (Å²) in [4.78, 5) is -0.662. The van der Waals surface area contributed by atoms with Crippen molar-refractivity contribution in [2.24, 2.45) is 45.1 Å². The van der Waals surface area contributed by atoms with E-state index in [-0.39, 0.29) is 41.0 Å². The lowest BCUT2D eigenvalue weighted by Crippen LogP contribution is -2.34. The highest BCUT2D eigenvalue weighted by Crippen LogP contribution is 2.36. The molecule has 4 atom stereocenters. The van der Waals surface area contributed by atoms with Gasteiger partial charge in [-0.1, -0.05) is 6.92 Å². The Labute approximate surface area is 195 Å². The molecule has 1 aliphatic rings. The Bertz CT molecular complexity index is 1030. The van der Waals surface area contributed by atoms with Gasteiger partial charge in [0.05, 0.1) is 22.3 Å². The first kappa shape index (κ1) is 27.1. The monoisotopic (exact) mass is 503 g/mol. The maximum atomic E-state index is 12.8. The van der Waals surface area contributed by atoms with Crippen LogP contribution in [-0.2, 0) is 21.0 Å². The van der Waals surface area contributed by atoms with Crippen LogP contribution in [0, 0.1) is 11.8 Å². The second kappa shape index (κ2) is 11.8. The number of primary sulfonamides is 1. The minimum atomic E-state index is -4.43. The van der Waals surface area contributed by atoms with Gasteiger partial charge in [0, 0.05) is 19.3 Å². The predicted octanol–water partition coefficient (Wildman–Crippen LogP) is -2.35. The average molecular weight is 504 g/mol. The SMILES string of the molecule is CC1CC/C(=C\Nc2ccc(S(=O)NCC(O)CN)c(S(N)(=O)=O)c2/C(N)=N/NN)C1CN. The fourth-order valence-corrected chi connectivity index (χ4v) is 6.09. The summed E-state index contributed by atoms with van der Waals surface area (Å²) in [5.74, 6) is 5.57. The van der Waals surface area contributed by atoms with Gasteiger partial charge in [0.1, 0.15) is 15.9 Å². The van der Waals surface area contributed by atoms with E-state index in [1.807, 2.05) is 5.53 Å². The first-order valence-corrected chi connectivity index (χ1v) is 12.9. The number of nitrogens with two attached hydrogens (primary N) is 5. The number of hydrogen-bond donors (Lipinski definition) is 9. The molecule has 0 aliphatic heterocycles. The van der Waals surface area contributed by atoms with Crippen LogP contribution in [0.1, 0.15) is 25.3 Å². The van der Waals surface area contributed by atoms with E-state index in [0.717, 1.165) is 18.4 Å². The number of nitrogens with zero attached hydrogens (tertiary/aromatic N) is 1. The number of anilines is 1. The normalized spacial score (nSPS) is 22.4. The Morgan fingerprint density at radius 2 is 2.09 bits per heavy atom. The molecule has 0 spiro atoms. The summed E-state index contributed by atoms with van der Waals surface area (Å²) in [6, 6.07) is 2.84. The van der Waals surface area contributed by atoms with Crippen LogP contribution < -0.4 is 43.8 Å².